The number of benzene rings is 4. The predicted molar refractivity (Wildman–Crippen MR) is 203 cm³/mol. The average Bonchev–Trinajstić information content (AvgIpc) is 3.18. The third kappa shape index (κ3) is 6.62. The molecule has 4 N–H and O–H groups in total. The van der Waals surface area contributed by atoms with Crippen LogP contribution in [0.15, 0.2) is 48.5 Å². The van der Waals surface area contributed by atoms with Crippen LogP contribution in [0.4, 0.5) is 0 Å². The van der Waals surface area contributed by atoms with E-state index < -0.39 is 0 Å². The topological polar surface area (TPSA) is 155 Å². The zero-order valence-electron chi connectivity index (χ0n) is 31.3. The van der Waals surface area contributed by atoms with Crippen LogP contribution in [0.2, 0.25) is 0 Å². The van der Waals surface area contributed by atoms with E-state index in [1.807, 2.05) is 24.3 Å². The van der Waals surface area contributed by atoms with Crippen molar-refractivity contribution in [1.29, 1.82) is 0 Å². The molecule has 296 valence electrons. The lowest BCUT2D eigenvalue weighted by molar-refractivity contribution is 0.0982. The van der Waals surface area contributed by atoms with Crippen molar-refractivity contribution in [3.05, 3.63) is 93.0 Å². The summed E-state index contributed by atoms with van der Waals surface area (Å²) in [7, 11) is 0. The van der Waals surface area contributed by atoms with E-state index in [1.165, 1.54) is 0 Å². The third-order valence-corrected chi connectivity index (χ3v) is 11.9. The van der Waals surface area contributed by atoms with Gasteiger partial charge >= 0.3 is 0 Å². The summed E-state index contributed by atoms with van der Waals surface area (Å²) in [6, 6.07) is 16.4. The summed E-state index contributed by atoms with van der Waals surface area (Å²) in [5.41, 5.74) is 7.53. The molecule has 4 aliphatic heterocycles. The summed E-state index contributed by atoms with van der Waals surface area (Å²) in [4.78, 5) is 0. The minimum absolute atomic E-state index is 0.0104. The van der Waals surface area contributed by atoms with Gasteiger partial charge in [0.05, 0.1) is 0 Å². The van der Waals surface area contributed by atoms with Crippen molar-refractivity contribution < 1.29 is 58.3 Å². The first kappa shape index (κ1) is 36.7. The maximum absolute atomic E-state index is 10.2. The van der Waals surface area contributed by atoms with Crippen LogP contribution in [0.5, 0.6) is 46.0 Å². The first-order valence-electron chi connectivity index (χ1n) is 19.8. The third-order valence-electron chi connectivity index (χ3n) is 11.9. The molecule has 0 atom stereocenters. The minimum atomic E-state index is -0.249. The Bertz CT molecular complexity index is 1680. The maximum Gasteiger partial charge on any atom is 0.230 e. The Morgan fingerprint density at radius 3 is 0.643 bits per heavy atom. The number of hydrogen-bond acceptors (Lipinski definition) is 12. The van der Waals surface area contributed by atoms with Crippen LogP contribution in [0, 0.1) is 0 Å². The van der Waals surface area contributed by atoms with Gasteiger partial charge in [-0.3, -0.25) is 0 Å². The number of rotatable bonds is 12. The zero-order valence-corrected chi connectivity index (χ0v) is 31.3. The molecule has 12 nitrogen and oxygen atoms in total. The molecule has 0 radical (unpaired) electrons. The molecule has 4 aromatic rings. The van der Waals surface area contributed by atoms with Gasteiger partial charge in [0.15, 0.2) is 0 Å². The van der Waals surface area contributed by atoms with Crippen LogP contribution in [-0.2, 0) is 0 Å². The molecule has 4 heterocycles. The zero-order chi connectivity index (χ0) is 38.2. The molecule has 0 aromatic heterocycles. The van der Waals surface area contributed by atoms with Crippen LogP contribution in [-0.4, -0.2) is 74.0 Å². The van der Waals surface area contributed by atoms with E-state index in [4.69, 9.17) is 37.9 Å². The second-order valence-corrected chi connectivity index (χ2v) is 15.0. The molecular weight excluding hydrogens is 720 g/mol. The molecule has 9 rings (SSSR count). The fraction of sp³-hybridized carbons (Fsp3) is 0.455. The normalized spacial score (nSPS) is 20.8. The molecule has 8 bridgehead atoms. The Labute approximate surface area is 325 Å². The number of hydrogen-bond donors (Lipinski definition) is 4. The Morgan fingerprint density at radius 2 is 0.482 bits per heavy atom. The van der Waals surface area contributed by atoms with E-state index in [2.05, 4.69) is 24.3 Å². The Kier molecular flexibility index (Phi) is 10.5. The fourth-order valence-corrected chi connectivity index (χ4v) is 9.28. The molecule has 0 saturated carbocycles. The molecule has 12 heteroatoms. The summed E-state index contributed by atoms with van der Waals surface area (Å²) in [6.07, 6.45) is 4.56. The highest BCUT2D eigenvalue weighted by atomic mass is 16.7. The van der Waals surface area contributed by atoms with E-state index in [0.717, 1.165) is 44.5 Å². The van der Waals surface area contributed by atoms with Crippen LogP contribution >= 0.6 is 0 Å². The van der Waals surface area contributed by atoms with E-state index >= 15 is 0 Å². The lowest BCUT2D eigenvalue weighted by Crippen LogP contribution is -2.22. The lowest BCUT2D eigenvalue weighted by atomic mass is 9.76. The molecule has 0 spiro atoms. The van der Waals surface area contributed by atoms with Gasteiger partial charge in [0, 0.05) is 119 Å². The summed E-state index contributed by atoms with van der Waals surface area (Å²) in [6.45, 7) is -0.187. The van der Waals surface area contributed by atoms with Gasteiger partial charge in [0.25, 0.3) is 0 Å². The van der Waals surface area contributed by atoms with Crippen LogP contribution in [0.1, 0.15) is 120 Å². The van der Waals surface area contributed by atoms with Gasteiger partial charge in [0.1, 0.15) is 46.0 Å². The van der Waals surface area contributed by atoms with Gasteiger partial charge in [0.2, 0.25) is 27.2 Å². The van der Waals surface area contributed by atoms with Gasteiger partial charge in [-0.2, -0.15) is 0 Å². The monoisotopic (exact) mass is 768 g/mol. The molecule has 56 heavy (non-hydrogen) atoms. The van der Waals surface area contributed by atoms with Gasteiger partial charge in [-0.25, -0.2) is 0 Å². The van der Waals surface area contributed by atoms with Crippen molar-refractivity contribution in [2.24, 2.45) is 0 Å². The highest BCUT2D eigenvalue weighted by Crippen LogP contribution is 2.54. The number of ether oxygens (including phenoxy) is 8. The summed E-state index contributed by atoms with van der Waals surface area (Å²) < 4.78 is 50.9. The molecule has 1 aliphatic carbocycles. The predicted octanol–water partition coefficient (Wildman–Crippen LogP) is 6.53. The quantitative estimate of drug-likeness (QED) is 0.124. The molecule has 0 fully saturated rings. The summed E-state index contributed by atoms with van der Waals surface area (Å²) in [5, 5.41) is 40.8. The second-order valence-electron chi connectivity index (χ2n) is 15.0. The Hall–Kier alpha value is -4.88. The minimum Gasteiger partial charge on any atom is -0.457 e. The highest BCUT2D eigenvalue weighted by molar-refractivity contribution is 5.64. The number of aliphatic hydroxyl groups is 4. The molecule has 5 aliphatic rings. The molecule has 0 saturated heterocycles. The smallest absolute Gasteiger partial charge is 0.230 e. The summed E-state index contributed by atoms with van der Waals surface area (Å²) in [5.74, 6) is 3.94. The number of aliphatic hydroxyl groups excluding tert-OH is 4. The Balaban J connectivity index is 1.40. The van der Waals surface area contributed by atoms with Crippen LogP contribution < -0.4 is 37.9 Å². The van der Waals surface area contributed by atoms with Crippen LogP contribution in [0.25, 0.3) is 0 Å². The van der Waals surface area contributed by atoms with Crippen molar-refractivity contribution in [3.63, 3.8) is 0 Å². The van der Waals surface area contributed by atoms with Gasteiger partial charge < -0.3 is 58.3 Å². The first-order valence-corrected chi connectivity index (χ1v) is 19.8. The standard InChI is InChI=1S/C44H48O12/c45-9-1-5-25-29-13-31-26(6-2-10-46)33-15-35-28(8-4-12-48)36-16-34-27(7-3-11-47)32-14-30(25)38-18-40(32)52-23-54-42(34)20-44(36)56-24-55-43(35)19-41(33)53-22-51-39(31)17-37(29)49-21-50-38/h13-20,25-28,45-48H,1-12,21-24H2. The lowest BCUT2D eigenvalue weighted by Gasteiger charge is -2.35. The van der Waals surface area contributed by atoms with E-state index in [1.54, 1.807) is 0 Å². The maximum atomic E-state index is 10.2. The van der Waals surface area contributed by atoms with Gasteiger partial charge in [-0.1, -0.05) is 0 Å². The summed E-state index contributed by atoms with van der Waals surface area (Å²) >= 11 is 0. The SMILES string of the molecule is OCCCC1c2cc3c4cc2OCOc2cc5c(cc21)C(CCCO)c1cc2c(cc1OCO5)OCOc1cc(c(cc1C2CCCO)C3CCCO)OCO4. The van der Waals surface area contributed by atoms with Gasteiger partial charge in [-0.15, -0.1) is 0 Å². The largest absolute Gasteiger partial charge is 0.457 e. The molecule has 0 amide bonds. The van der Waals surface area contributed by atoms with Crippen LogP contribution in [0.3, 0.4) is 0 Å². The molecular formula is C44H48O12. The van der Waals surface area contributed by atoms with E-state index in [0.29, 0.717) is 97.4 Å². The van der Waals surface area contributed by atoms with E-state index in [-0.39, 0.29) is 77.3 Å². The molecule has 0 unspecified atom stereocenters. The van der Waals surface area contributed by atoms with Gasteiger partial charge in [-0.05, 0) is 75.6 Å². The Morgan fingerprint density at radius 1 is 0.304 bits per heavy atom. The highest BCUT2D eigenvalue weighted by Gasteiger charge is 2.37. The average molecular weight is 769 g/mol. The first-order chi connectivity index (χ1) is 27.6. The second kappa shape index (κ2) is 15.9. The van der Waals surface area contributed by atoms with Crippen molar-refractivity contribution in [2.45, 2.75) is 75.0 Å². The fourth-order valence-electron chi connectivity index (χ4n) is 9.28. The van der Waals surface area contributed by atoms with Crippen molar-refractivity contribution >= 4 is 0 Å². The van der Waals surface area contributed by atoms with Crippen molar-refractivity contribution in [3.8, 4) is 46.0 Å². The van der Waals surface area contributed by atoms with Crippen molar-refractivity contribution in [1.82, 2.24) is 0 Å². The van der Waals surface area contributed by atoms with Crippen molar-refractivity contribution in [2.75, 3.05) is 53.6 Å². The molecule has 4 aromatic carbocycles. The van der Waals surface area contributed by atoms with E-state index in [9.17, 15) is 20.4 Å².